The second-order valence-electron chi connectivity index (χ2n) is 9.08. The molecule has 1 aliphatic heterocycles. The largest absolute Gasteiger partial charge is 0.493 e. The highest BCUT2D eigenvalue weighted by Gasteiger charge is 2.22. The van der Waals surface area contributed by atoms with Crippen molar-refractivity contribution < 1.29 is 17.5 Å². The molecule has 0 bridgehead atoms. The summed E-state index contributed by atoms with van der Waals surface area (Å²) in [4.78, 5) is 12.1. The summed E-state index contributed by atoms with van der Waals surface area (Å²) in [6, 6.07) is 4.10. The summed E-state index contributed by atoms with van der Waals surface area (Å²) in [5.74, 6) is 1.33. The molecule has 4 rings (SSSR count). The van der Waals surface area contributed by atoms with E-state index in [0.717, 1.165) is 21.3 Å². The van der Waals surface area contributed by atoms with Gasteiger partial charge in [0.15, 0.2) is 17.0 Å². The molecule has 0 saturated heterocycles. The van der Waals surface area contributed by atoms with Crippen LogP contribution < -0.4 is 15.2 Å². The first kappa shape index (κ1) is 24.1. The molecule has 0 radical (unpaired) electrons. The van der Waals surface area contributed by atoms with Crippen molar-refractivity contribution in [1.29, 1.82) is 0 Å². The van der Waals surface area contributed by atoms with E-state index in [1.807, 2.05) is 6.07 Å². The highest BCUT2D eigenvalue weighted by Crippen LogP contribution is 2.31. The van der Waals surface area contributed by atoms with E-state index >= 15 is 0 Å². The molecular weight excluding hydrogens is 562 g/mol. The van der Waals surface area contributed by atoms with Crippen LogP contribution in [0.4, 0.5) is 10.2 Å². The molecule has 0 saturated carbocycles. The number of halogens is 2. The summed E-state index contributed by atoms with van der Waals surface area (Å²) in [5, 5.41) is 0. The molecular formula is C21H26FIN6O3S. The number of ether oxygens (including phenoxy) is 1. The maximum Gasteiger partial charge on any atom is 0.312 e. The van der Waals surface area contributed by atoms with E-state index in [2.05, 4.69) is 48.3 Å². The Morgan fingerprint density at radius 1 is 1.27 bits per heavy atom. The fraction of sp³-hybridized carbons (Fsp3) is 0.476. The molecule has 0 fully saturated rings. The first-order valence-electron chi connectivity index (χ1n) is 10.6. The van der Waals surface area contributed by atoms with E-state index in [4.69, 9.17) is 10.5 Å². The van der Waals surface area contributed by atoms with Gasteiger partial charge >= 0.3 is 6.08 Å². The van der Waals surface area contributed by atoms with Gasteiger partial charge in [-0.1, -0.05) is 0 Å². The number of nitrogen functional groups attached to an aromatic ring is 1. The van der Waals surface area contributed by atoms with Gasteiger partial charge in [0.1, 0.15) is 11.6 Å². The molecule has 12 heteroatoms. The number of nitrogens with zero attached hydrogens (tertiary/aromatic N) is 4. The Hall–Kier alpha value is -2.06. The summed E-state index contributed by atoms with van der Waals surface area (Å²) < 4.78 is 49.9. The molecule has 0 aliphatic carbocycles. The number of imidazole rings is 1. The van der Waals surface area contributed by atoms with Gasteiger partial charge < -0.3 is 15.0 Å². The Bertz CT molecular complexity index is 1320. The maximum atomic E-state index is 14.0. The predicted octanol–water partition coefficient (Wildman–Crippen LogP) is 2.79. The van der Waals surface area contributed by atoms with Gasteiger partial charge in [0.25, 0.3) is 0 Å². The quantitative estimate of drug-likeness (QED) is 0.321. The minimum Gasteiger partial charge on any atom is -0.493 e. The van der Waals surface area contributed by atoms with Crippen molar-refractivity contribution in [1.82, 2.24) is 24.2 Å². The van der Waals surface area contributed by atoms with E-state index < -0.39 is 21.6 Å². The maximum absolute atomic E-state index is 14.0. The number of sulfonamides is 1. The van der Waals surface area contributed by atoms with Crippen molar-refractivity contribution in [2.75, 3.05) is 18.1 Å². The zero-order chi connectivity index (χ0) is 24.0. The van der Waals surface area contributed by atoms with E-state index in [9.17, 15) is 12.8 Å². The second kappa shape index (κ2) is 8.95. The fourth-order valence-electron chi connectivity index (χ4n) is 3.88. The van der Waals surface area contributed by atoms with Gasteiger partial charge in [0, 0.05) is 28.5 Å². The van der Waals surface area contributed by atoms with E-state index in [1.165, 1.54) is 5.56 Å². The number of hydrogen-bond donors (Lipinski definition) is 2. The topological polar surface area (TPSA) is 125 Å². The Morgan fingerprint density at radius 3 is 2.76 bits per heavy atom. The van der Waals surface area contributed by atoms with Crippen LogP contribution in [0.2, 0.25) is 0 Å². The third-order valence-corrected chi connectivity index (χ3v) is 7.89. The summed E-state index contributed by atoms with van der Waals surface area (Å²) in [6.45, 7) is 6.31. The lowest BCUT2D eigenvalue weighted by Gasteiger charge is -2.20. The number of aryl methyl sites for hydroxylation is 1. The van der Waals surface area contributed by atoms with Gasteiger partial charge in [-0.05, 0) is 73.0 Å². The predicted molar refractivity (Wildman–Crippen MR) is 132 cm³/mol. The highest BCUT2D eigenvalue weighted by atomic mass is 127. The van der Waals surface area contributed by atoms with Crippen LogP contribution in [-0.4, -0.2) is 45.8 Å². The Morgan fingerprint density at radius 2 is 2.03 bits per heavy atom. The SMILES string of the molecule is CC(C)(C)NS(=O)(=O)CCCn1c(Cc2cc3c(cc2I)CCO3)nc2c(N)nc(F)nc21. The average molecular weight is 588 g/mol. The standard InChI is InChI=1S/C21H26FIN6O3S/c1-21(2,3)28-33(30,31)8-4-6-29-16(25-17-18(24)26-20(22)27-19(17)29)11-13-10-15-12(5-7-32-15)9-14(13)23/h9-10,28H,4-8,11H2,1-3H3,(H2,24,26,27). The van der Waals surface area contributed by atoms with Gasteiger partial charge in [-0.3, -0.25) is 0 Å². The van der Waals surface area contributed by atoms with Crippen molar-refractivity contribution >= 4 is 49.6 Å². The van der Waals surface area contributed by atoms with Gasteiger partial charge in [0.2, 0.25) is 10.0 Å². The van der Waals surface area contributed by atoms with Crippen LogP contribution in [0, 0.1) is 9.65 Å². The molecule has 3 heterocycles. The molecule has 1 aromatic carbocycles. The zero-order valence-corrected chi connectivity index (χ0v) is 21.6. The molecule has 3 aromatic rings. The number of anilines is 1. The molecule has 3 N–H and O–H groups in total. The number of nitrogens with one attached hydrogen (secondary N) is 1. The van der Waals surface area contributed by atoms with Crippen molar-refractivity contribution in [2.24, 2.45) is 0 Å². The first-order valence-corrected chi connectivity index (χ1v) is 13.3. The lowest BCUT2D eigenvalue weighted by molar-refractivity contribution is 0.356. The van der Waals surface area contributed by atoms with Crippen molar-refractivity contribution in [2.45, 2.75) is 52.1 Å². The summed E-state index contributed by atoms with van der Waals surface area (Å²) >= 11 is 2.28. The van der Waals surface area contributed by atoms with E-state index in [-0.39, 0.29) is 23.8 Å². The first-order chi connectivity index (χ1) is 15.4. The molecule has 1 aliphatic rings. The van der Waals surface area contributed by atoms with Crippen LogP contribution in [-0.2, 0) is 29.4 Å². The third kappa shape index (κ3) is 5.54. The van der Waals surface area contributed by atoms with Gasteiger partial charge in [-0.2, -0.15) is 14.4 Å². The van der Waals surface area contributed by atoms with Gasteiger partial charge in [-0.25, -0.2) is 18.1 Å². The lowest BCUT2D eigenvalue weighted by atomic mass is 10.1. The van der Waals surface area contributed by atoms with Crippen LogP contribution in [0.15, 0.2) is 12.1 Å². The smallest absolute Gasteiger partial charge is 0.312 e. The second-order valence-corrected chi connectivity index (χ2v) is 12.1. The Labute approximate surface area is 205 Å². The van der Waals surface area contributed by atoms with Crippen molar-refractivity contribution in [3.05, 3.63) is 38.7 Å². The molecule has 9 nitrogen and oxygen atoms in total. The third-order valence-electron chi connectivity index (χ3n) is 5.14. The zero-order valence-electron chi connectivity index (χ0n) is 18.7. The van der Waals surface area contributed by atoms with Crippen molar-refractivity contribution in [3.63, 3.8) is 0 Å². The number of aromatic nitrogens is 4. The molecule has 33 heavy (non-hydrogen) atoms. The molecule has 2 aromatic heterocycles. The van der Waals surface area contributed by atoms with Crippen LogP contribution in [0.5, 0.6) is 5.75 Å². The summed E-state index contributed by atoms with van der Waals surface area (Å²) in [6.07, 6.45) is 0.654. The number of fused-ring (bicyclic) bond motifs is 2. The van der Waals surface area contributed by atoms with E-state index in [0.29, 0.717) is 30.8 Å². The minimum absolute atomic E-state index is 0.0495. The van der Waals surface area contributed by atoms with Crippen LogP contribution in [0.1, 0.15) is 44.1 Å². The fourth-order valence-corrected chi connectivity index (χ4v) is 6.15. The average Bonchev–Trinajstić information content (AvgIpc) is 3.25. The van der Waals surface area contributed by atoms with Gasteiger partial charge in [-0.15, -0.1) is 0 Å². The normalized spacial score (nSPS) is 14.0. The summed E-state index contributed by atoms with van der Waals surface area (Å²) in [5.41, 5.74) is 8.07. The van der Waals surface area contributed by atoms with Gasteiger partial charge in [0.05, 0.1) is 12.4 Å². The molecule has 178 valence electrons. The van der Waals surface area contributed by atoms with Crippen LogP contribution in [0.25, 0.3) is 11.2 Å². The molecule has 0 atom stereocenters. The van der Waals surface area contributed by atoms with Crippen LogP contribution in [0.3, 0.4) is 0 Å². The minimum atomic E-state index is -3.48. The number of benzene rings is 1. The Kier molecular flexibility index (Phi) is 6.53. The highest BCUT2D eigenvalue weighted by molar-refractivity contribution is 14.1. The molecule has 0 unspecified atom stereocenters. The molecule has 0 amide bonds. The lowest BCUT2D eigenvalue weighted by Crippen LogP contribution is -2.41. The molecule has 0 spiro atoms. The number of nitrogens with two attached hydrogens (primary N) is 1. The van der Waals surface area contributed by atoms with Crippen LogP contribution >= 0.6 is 22.6 Å². The summed E-state index contributed by atoms with van der Waals surface area (Å²) in [7, 11) is -3.48. The monoisotopic (exact) mass is 588 g/mol. The van der Waals surface area contributed by atoms with E-state index in [1.54, 1.807) is 25.3 Å². The number of hydrogen-bond acceptors (Lipinski definition) is 7. The number of rotatable bonds is 7. The Balaban J connectivity index is 1.66. The van der Waals surface area contributed by atoms with Crippen molar-refractivity contribution in [3.8, 4) is 5.75 Å².